The summed E-state index contributed by atoms with van der Waals surface area (Å²) in [5.41, 5.74) is 6.52. The maximum atomic E-state index is 5.48. The molecule has 0 aliphatic heterocycles. The lowest BCUT2D eigenvalue weighted by atomic mass is 10.1. The Bertz CT molecular complexity index is 593. The lowest BCUT2D eigenvalue weighted by Gasteiger charge is -2.08. The Morgan fingerprint density at radius 2 is 1.81 bits per heavy atom. The van der Waals surface area contributed by atoms with Crippen molar-refractivity contribution in [2.24, 2.45) is 5.84 Å². The molecule has 0 saturated carbocycles. The lowest BCUT2D eigenvalue weighted by Crippen LogP contribution is -2.10. The van der Waals surface area contributed by atoms with Crippen molar-refractivity contribution in [3.05, 3.63) is 46.8 Å². The van der Waals surface area contributed by atoms with Crippen molar-refractivity contribution in [3.8, 4) is 0 Å². The van der Waals surface area contributed by atoms with E-state index in [0.29, 0.717) is 5.82 Å². The zero-order chi connectivity index (χ0) is 15.2. The predicted molar refractivity (Wildman–Crippen MR) is 89.3 cm³/mol. The summed E-state index contributed by atoms with van der Waals surface area (Å²) < 4.78 is 0. The van der Waals surface area contributed by atoms with Crippen LogP contribution in [0.4, 0.5) is 5.82 Å². The Kier molecular flexibility index (Phi) is 5.59. The number of nitrogens with two attached hydrogens (primary N) is 1. The highest BCUT2D eigenvalue weighted by molar-refractivity contribution is 7.98. The largest absolute Gasteiger partial charge is 0.308 e. The third-order valence-corrected chi connectivity index (χ3v) is 4.02. The fourth-order valence-electron chi connectivity index (χ4n) is 2.27. The average Bonchev–Trinajstić information content (AvgIpc) is 2.44. The number of anilines is 1. The minimum atomic E-state index is 0.677. The van der Waals surface area contributed by atoms with E-state index in [0.717, 1.165) is 29.4 Å². The molecule has 4 nitrogen and oxygen atoms in total. The van der Waals surface area contributed by atoms with Crippen LogP contribution in [0.25, 0.3) is 0 Å². The molecular formula is C16H22N4S. The van der Waals surface area contributed by atoms with Gasteiger partial charge in [-0.25, -0.2) is 15.8 Å². The topological polar surface area (TPSA) is 63.8 Å². The molecule has 3 N–H and O–H groups in total. The van der Waals surface area contributed by atoms with Crippen molar-refractivity contribution in [1.82, 2.24) is 9.97 Å². The third-order valence-electron chi connectivity index (χ3n) is 3.04. The van der Waals surface area contributed by atoms with Crippen molar-refractivity contribution in [1.29, 1.82) is 0 Å². The normalized spacial score (nSPS) is 10.7. The molecule has 1 heterocycles. The van der Waals surface area contributed by atoms with Crippen LogP contribution in [0, 0.1) is 13.8 Å². The van der Waals surface area contributed by atoms with Crippen LogP contribution in [0.3, 0.4) is 0 Å². The second kappa shape index (κ2) is 7.43. The molecule has 112 valence electrons. The first kappa shape index (κ1) is 15.8. The number of hydrazine groups is 1. The van der Waals surface area contributed by atoms with Gasteiger partial charge in [-0.3, -0.25) is 0 Å². The summed E-state index contributed by atoms with van der Waals surface area (Å²) in [5.74, 6) is 7.90. The monoisotopic (exact) mass is 302 g/mol. The van der Waals surface area contributed by atoms with E-state index >= 15 is 0 Å². The standard InChI is InChI=1S/C16H22N4S/c1-4-5-14-18-15(20-17)9-16(19-14)21-10-13-7-11(2)6-12(3)8-13/h6-9H,4-5,10,17H2,1-3H3,(H,18,19,20). The first-order chi connectivity index (χ1) is 10.1. The van der Waals surface area contributed by atoms with Crippen LogP contribution in [0.15, 0.2) is 29.3 Å². The Morgan fingerprint density at radius 3 is 2.43 bits per heavy atom. The number of aryl methyl sites for hydroxylation is 3. The molecule has 21 heavy (non-hydrogen) atoms. The number of aromatic nitrogens is 2. The number of rotatable bonds is 6. The van der Waals surface area contributed by atoms with Gasteiger partial charge in [-0.15, -0.1) is 11.8 Å². The maximum absolute atomic E-state index is 5.48. The van der Waals surface area contributed by atoms with Crippen molar-refractivity contribution >= 4 is 17.6 Å². The number of benzene rings is 1. The van der Waals surface area contributed by atoms with Crippen molar-refractivity contribution in [2.45, 2.75) is 44.4 Å². The molecule has 0 bridgehead atoms. The number of nitrogens with one attached hydrogen (secondary N) is 1. The highest BCUT2D eigenvalue weighted by Gasteiger charge is 2.05. The van der Waals surface area contributed by atoms with Gasteiger partial charge >= 0.3 is 0 Å². The fraction of sp³-hybridized carbons (Fsp3) is 0.375. The fourth-order valence-corrected chi connectivity index (χ4v) is 3.11. The molecule has 0 amide bonds. The van der Waals surface area contributed by atoms with Crippen molar-refractivity contribution in [2.75, 3.05) is 5.43 Å². The number of hydrogen-bond donors (Lipinski definition) is 2. The Hall–Kier alpha value is -1.59. The zero-order valence-electron chi connectivity index (χ0n) is 12.8. The molecule has 0 aliphatic carbocycles. The number of thioether (sulfide) groups is 1. The van der Waals surface area contributed by atoms with Gasteiger partial charge in [0.05, 0.1) is 0 Å². The van der Waals surface area contributed by atoms with Gasteiger partial charge in [0, 0.05) is 18.2 Å². The summed E-state index contributed by atoms with van der Waals surface area (Å²) in [7, 11) is 0. The summed E-state index contributed by atoms with van der Waals surface area (Å²) in [6, 6.07) is 8.52. The van der Waals surface area contributed by atoms with Crippen LogP contribution >= 0.6 is 11.8 Å². The predicted octanol–water partition coefficient (Wildman–Crippen LogP) is 3.62. The van der Waals surface area contributed by atoms with Gasteiger partial charge in [-0.2, -0.15) is 0 Å². The van der Waals surface area contributed by atoms with E-state index in [9.17, 15) is 0 Å². The second-order valence-corrected chi connectivity index (χ2v) is 6.18. The van der Waals surface area contributed by atoms with Gasteiger partial charge in [0.15, 0.2) is 0 Å². The van der Waals surface area contributed by atoms with Crippen LogP contribution in [0.2, 0.25) is 0 Å². The minimum absolute atomic E-state index is 0.677. The SMILES string of the molecule is CCCc1nc(NN)cc(SCc2cc(C)cc(C)c2)n1. The van der Waals surface area contributed by atoms with Crippen molar-refractivity contribution < 1.29 is 0 Å². The van der Waals surface area contributed by atoms with Crippen LogP contribution in [0.5, 0.6) is 0 Å². The minimum Gasteiger partial charge on any atom is -0.308 e. The number of hydrogen-bond acceptors (Lipinski definition) is 5. The van der Waals surface area contributed by atoms with Gasteiger partial charge in [-0.05, 0) is 25.8 Å². The molecule has 0 fully saturated rings. The van der Waals surface area contributed by atoms with E-state index in [1.54, 1.807) is 11.8 Å². The van der Waals surface area contributed by atoms with E-state index in [1.165, 1.54) is 16.7 Å². The summed E-state index contributed by atoms with van der Waals surface area (Å²) in [4.78, 5) is 8.95. The third kappa shape index (κ3) is 4.72. The zero-order valence-corrected chi connectivity index (χ0v) is 13.6. The molecule has 0 saturated heterocycles. The van der Waals surface area contributed by atoms with Gasteiger partial charge in [0.1, 0.15) is 16.7 Å². The van der Waals surface area contributed by atoms with Gasteiger partial charge < -0.3 is 5.43 Å². The van der Waals surface area contributed by atoms with Crippen LogP contribution in [0.1, 0.15) is 35.9 Å². The Labute approximate surface area is 130 Å². The maximum Gasteiger partial charge on any atom is 0.144 e. The summed E-state index contributed by atoms with van der Waals surface area (Å²) in [6.45, 7) is 6.37. The van der Waals surface area contributed by atoms with Crippen LogP contribution < -0.4 is 11.3 Å². The quantitative estimate of drug-likeness (QED) is 0.369. The molecular weight excluding hydrogens is 280 g/mol. The average molecular weight is 302 g/mol. The summed E-state index contributed by atoms with van der Waals surface area (Å²) in [5, 5.41) is 0.959. The summed E-state index contributed by atoms with van der Waals surface area (Å²) in [6.07, 6.45) is 1.89. The molecule has 2 rings (SSSR count). The number of nitrogens with zero attached hydrogens (tertiary/aromatic N) is 2. The Balaban J connectivity index is 2.13. The lowest BCUT2D eigenvalue weighted by molar-refractivity contribution is 0.810. The van der Waals surface area contributed by atoms with Gasteiger partial charge in [-0.1, -0.05) is 36.2 Å². The molecule has 1 aromatic carbocycles. The van der Waals surface area contributed by atoms with Crippen molar-refractivity contribution in [3.63, 3.8) is 0 Å². The van der Waals surface area contributed by atoms with Crippen LogP contribution in [-0.2, 0) is 12.2 Å². The van der Waals surface area contributed by atoms with Gasteiger partial charge in [0.25, 0.3) is 0 Å². The second-order valence-electron chi connectivity index (χ2n) is 5.19. The Morgan fingerprint density at radius 1 is 1.10 bits per heavy atom. The van der Waals surface area contributed by atoms with E-state index in [2.05, 4.69) is 54.4 Å². The molecule has 0 unspecified atom stereocenters. The molecule has 5 heteroatoms. The first-order valence-electron chi connectivity index (χ1n) is 7.15. The molecule has 2 aromatic rings. The molecule has 1 aromatic heterocycles. The van der Waals surface area contributed by atoms with E-state index in [4.69, 9.17) is 5.84 Å². The highest BCUT2D eigenvalue weighted by Crippen LogP contribution is 2.24. The molecule has 0 radical (unpaired) electrons. The summed E-state index contributed by atoms with van der Waals surface area (Å²) >= 11 is 1.71. The first-order valence-corrected chi connectivity index (χ1v) is 8.14. The molecule has 0 aliphatic rings. The smallest absolute Gasteiger partial charge is 0.144 e. The number of nitrogen functional groups attached to an aromatic ring is 1. The molecule has 0 spiro atoms. The van der Waals surface area contributed by atoms with Crippen LogP contribution in [-0.4, -0.2) is 9.97 Å². The van der Waals surface area contributed by atoms with E-state index in [1.807, 2.05) is 6.07 Å². The molecule has 0 atom stereocenters. The van der Waals surface area contributed by atoms with E-state index in [-0.39, 0.29) is 0 Å². The van der Waals surface area contributed by atoms with Gasteiger partial charge in [0.2, 0.25) is 0 Å². The highest BCUT2D eigenvalue weighted by atomic mass is 32.2. The van der Waals surface area contributed by atoms with E-state index < -0.39 is 0 Å².